The first-order chi connectivity index (χ1) is 10.8. The van der Waals surface area contributed by atoms with E-state index in [1.807, 2.05) is 7.05 Å². The van der Waals surface area contributed by atoms with Crippen LogP contribution >= 0.6 is 12.2 Å². The lowest BCUT2D eigenvalue weighted by Gasteiger charge is -2.40. The van der Waals surface area contributed by atoms with Crippen LogP contribution in [0, 0.1) is 11.8 Å². The molecule has 22 heavy (non-hydrogen) atoms. The van der Waals surface area contributed by atoms with Gasteiger partial charge < -0.3 is 15.0 Å². The molecule has 1 N–H and O–H groups in total. The molecule has 1 saturated heterocycles. The number of rotatable bonds is 3. The van der Waals surface area contributed by atoms with Gasteiger partial charge in [0.25, 0.3) is 0 Å². The molecule has 0 spiro atoms. The molecule has 0 aromatic heterocycles. The topological polar surface area (TPSA) is 24.5 Å². The van der Waals surface area contributed by atoms with E-state index in [1.54, 1.807) is 0 Å². The number of nitrogens with one attached hydrogen (secondary N) is 1. The molecule has 0 aromatic carbocycles. The van der Waals surface area contributed by atoms with Gasteiger partial charge in [0.2, 0.25) is 0 Å². The fourth-order valence-corrected chi connectivity index (χ4v) is 4.72. The van der Waals surface area contributed by atoms with Crippen molar-refractivity contribution in [2.24, 2.45) is 11.8 Å². The Morgan fingerprint density at radius 1 is 1.09 bits per heavy atom. The summed E-state index contributed by atoms with van der Waals surface area (Å²) in [6, 6.07) is 0. The molecule has 2 aliphatic carbocycles. The van der Waals surface area contributed by atoms with Crippen molar-refractivity contribution in [1.29, 1.82) is 0 Å². The van der Waals surface area contributed by atoms with Crippen LogP contribution < -0.4 is 5.32 Å². The summed E-state index contributed by atoms with van der Waals surface area (Å²) in [4.78, 5) is 3.50. The van der Waals surface area contributed by atoms with Crippen molar-refractivity contribution < 1.29 is 4.74 Å². The molecule has 0 amide bonds. The second-order valence-corrected chi connectivity index (χ2v) is 7.41. The molecule has 0 radical (unpaired) electrons. The Labute approximate surface area is 140 Å². The van der Waals surface area contributed by atoms with E-state index < -0.39 is 0 Å². The van der Waals surface area contributed by atoms with Crippen LogP contribution in [-0.2, 0) is 4.74 Å². The summed E-state index contributed by atoms with van der Waals surface area (Å²) in [6.45, 7) is 3.77. The summed E-state index contributed by atoms with van der Waals surface area (Å²) in [5.74, 6) is 1.79. The van der Waals surface area contributed by atoms with Gasteiger partial charge in [-0.25, -0.2) is 0 Å². The number of hydrogen-bond acceptors (Lipinski definition) is 3. The predicted octanol–water partition coefficient (Wildman–Crippen LogP) is 3.50. The van der Waals surface area contributed by atoms with Crippen molar-refractivity contribution in [3.05, 3.63) is 11.3 Å². The van der Waals surface area contributed by atoms with Gasteiger partial charge >= 0.3 is 0 Å². The Hall–Kier alpha value is -0.610. The predicted molar refractivity (Wildman–Crippen MR) is 95.0 cm³/mol. The van der Waals surface area contributed by atoms with Crippen LogP contribution in [0.4, 0.5) is 0 Å². The van der Waals surface area contributed by atoms with E-state index in [4.69, 9.17) is 17.0 Å². The molecule has 1 atom stereocenters. The van der Waals surface area contributed by atoms with Gasteiger partial charge in [-0.3, -0.25) is 0 Å². The van der Waals surface area contributed by atoms with Crippen LogP contribution in [-0.4, -0.2) is 43.2 Å². The number of morpholine rings is 1. The van der Waals surface area contributed by atoms with Crippen LogP contribution in [0.2, 0.25) is 0 Å². The number of hydrogen-bond donors (Lipinski definition) is 1. The van der Waals surface area contributed by atoms with Crippen molar-refractivity contribution in [2.75, 3.05) is 33.4 Å². The largest absolute Gasteiger partial charge is 0.379 e. The third-order valence-corrected chi connectivity index (χ3v) is 6.23. The van der Waals surface area contributed by atoms with Gasteiger partial charge in [0, 0.05) is 31.4 Å². The molecule has 124 valence electrons. The SMILES string of the molecule is CNC(=S)C1=C(N2CCOCC2)CCC(C2CCCCC2)C1. The number of thiocarbonyl (C=S) groups is 1. The second-order valence-electron chi connectivity index (χ2n) is 7.00. The Morgan fingerprint density at radius 3 is 2.50 bits per heavy atom. The van der Waals surface area contributed by atoms with Gasteiger partial charge in [-0.05, 0) is 31.1 Å². The fraction of sp³-hybridized carbons (Fsp3) is 0.833. The van der Waals surface area contributed by atoms with Crippen LogP contribution in [0.25, 0.3) is 0 Å². The second kappa shape index (κ2) is 7.78. The standard InChI is InChI=1S/C18H30N2OS/c1-19-18(22)16-13-15(14-5-3-2-4-6-14)7-8-17(16)20-9-11-21-12-10-20/h14-15H,2-13H2,1H3,(H,19,22). The van der Waals surface area contributed by atoms with Gasteiger partial charge in [-0.15, -0.1) is 0 Å². The maximum atomic E-state index is 5.65. The molecule has 4 heteroatoms. The molecular weight excluding hydrogens is 292 g/mol. The maximum absolute atomic E-state index is 5.65. The highest BCUT2D eigenvalue weighted by molar-refractivity contribution is 7.80. The normalized spacial score (nSPS) is 27.9. The molecule has 3 nitrogen and oxygen atoms in total. The number of likely N-dealkylation sites (N-methyl/N-ethyl adjacent to an activating group) is 1. The molecular formula is C18H30N2OS. The van der Waals surface area contributed by atoms with E-state index in [-0.39, 0.29) is 0 Å². The minimum atomic E-state index is 0.853. The first kappa shape index (κ1) is 16.3. The first-order valence-electron chi connectivity index (χ1n) is 9.06. The van der Waals surface area contributed by atoms with Crippen molar-refractivity contribution >= 4 is 17.2 Å². The van der Waals surface area contributed by atoms with Crippen molar-refractivity contribution in [2.45, 2.75) is 51.4 Å². The average molecular weight is 323 g/mol. The number of nitrogens with zero attached hydrogens (tertiary/aromatic N) is 1. The van der Waals surface area contributed by atoms with Gasteiger partial charge in [-0.1, -0.05) is 44.3 Å². The fourth-order valence-electron chi connectivity index (χ4n) is 4.52. The van der Waals surface area contributed by atoms with Crippen LogP contribution in [0.15, 0.2) is 11.3 Å². The summed E-state index contributed by atoms with van der Waals surface area (Å²) in [6.07, 6.45) is 11.0. The number of allylic oxidation sites excluding steroid dienone is 1. The van der Waals surface area contributed by atoms with E-state index in [2.05, 4.69) is 10.2 Å². The van der Waals surface area contributed by atoms with Gasteiger partial charge in [-0.2, -0.15) is 0 Å². The third kappa shape index (κ3) is 3.65. The van der Waals surface area contributed by atoms with E-state index in [0.29, 0.717) is 0 Å². The summed E-state index contributed by atoms with van der Waals surface area (Å²) in [5, 5.41) is 3.24. The highest BCUT2D eigenvalue weighted by Crippen LogP contribution is 2.41. The van der Waals surface area contributed by atoms with Crippen molar-refractivity contribution in [3.8, 4) is 0 Å². The molecule has 1 aliphatic heterocycles. The average Bonchev–Trinajstić information content (AvgIpc) is 2.62. The third-order valence-electron chi connectivity index (χ3n) is 5.78. The molecule has 2 fully saturated rings. The molecule has 1 heterocycles. The van der Waals surface area contributed by atoms with Gasteiger partial charge in [0.1, 0.15) is 4.99 Å². The number of ether oxygens (including phenoxy) is 1. The lowest BCUT2D eigenvalue weighted by molar-refractivity contribution is 0.0495. The molecule has 0 bridgehead atoms. The zero-order valence-corrected chi connectivity index (χ0v) is 14.7. The molecule has 3 aliphatic rings. The summed E-state index contributed by atoms with van der Waals surface area (Å²) in [7, 11) is 1.97. The summed E-state index contributed by atoms with van der Waals surface area (Å²) >= 11 is 5.65. The molecule has 3 rings (SSSR count). The Morgan fingerprint density at radius 2 is 1.82 bits per heavy atom. The highest BCUT2D eigenvalue weighted by Gasteiger charge is 2.31. The van der Waals surface area contributed by atoms with E-state index in [0.717, 1.165) is 43.1 Å². The van der Waals surface area contributed by atoms with Crippen LogP contribution in [0.1, 0.15) is 51.4 Å². The molecule has 0 aromatic rings. The quantitative estimate of drug-likeness (QED) is 0.804. The minimum Gasteiger partial charge on any atom is -0.379 e. The van der Waals surface area contributed by atoms with E-state index in [1.165, 1.54) is 62.6 Å². The Kier molecular flexibility index (Phi) is 5.75. The zero-order chi connectivity index (χ0) is 15.4. The highest BCUT2D eigenvalue weighted by atomic mass is 32.1. The van der Waals surface area contributed by atoms with E-state index >= 15 is 0 Å². The summed E-state index contributed by atoms with van der Waals surface area (Å²) in [5.41, 5.74) is 2.94. The maximum Gasteiger partial charge on any atom is 0.103 e. The lowest BCUT2D eigenvalue weighted by atomic mass is 9.72. The summed E-state index contributed by atoms with van der Waals surface area (Å²) < 4.78 is 5.52. The van der Waals surface area contributed by atoms with Crippen molar-refractivity contribution in [1.82, 2.24) is 10.2 Å². The minimum absolute atomic E-state index is 0.853. The lowest BCUT2D eigenvalue weighted by Crippen LogP contribution is -2.39. The Balaban J connectivity index is 1.75. The van der Waals surface area contributed by atoms with Gasteiger partial charge in [0.15, 0.2) is 0 Å². The van der Waals surface area contributed by atoms with E-state index in [9.17, 15) is 0 Å². The zero-order valence-electron chi connectivity index (χ0n) is 13.9. The Bertz CT molecular complexity index is 423. The molecule has 1 saturated carbocycles. The smallest absolute Gasteiger partial charge is 0.103 e. The van der Waals surface area contributed by atoms with Crippen LogP contribution in [0.3, 0.4) is 0 Å². The van der Waals surface area contributed by atoms with Crippen molar-refractivity contribution in [3.63, 3.8) is 0 Å². The van der Waals surface area contributed by atoms with Gasteiger partial charge in [0.05, 0.1) is 13.2 Å². The molecule has 1 unspecified atom stereocenters. The first-order valence-corrected chi connectivity index (χ1v) is 9.47. The van der Waals surface area contributed by atoms with Crippen LogP contribution in [0.5, 0.6) is 0 Å². The monoisotopic (exact) mass is 322 g/mol.